The van der Waals surface area contributed by atoms with E-state index in [4.69, 9.17) is 30.6 Å². The number of amides is 3. The number of nitrogens with zero attached hydrogens (tertiary/aromatic N) is 14. The van der Waals surface area contributed by atoms with Crippen LogP contribution in [-0.2, 0) is 37.0 Å². The molecule has 93 heavy (non-hydrogen) atoms. The zero-order valence-electron chi connectivity index (χ0n) is 54.6. The highest BCUT2D eigenvalue weighted by molar-refractivity contribution is 5.99. The van der Waals surface area contributed by atoms with Gasteiger partial charge in [-0.1, -0.05) is 38.9 Å². The number of carbonyl (C=O) groups excluding carboxylic acids is 4. The molecule has 6 aromatic rings. The second kappa shape index (κ2) is 33.9. The highest BCUT2D eigenvalue weighted by Gasteiger charge is 2.27. The van der Waals surface area contributed by atoms with Crippen LogP contribution in [0.5, 0.6) is 0 Å². The number of oxazole rings is 1. The summed E-state index contributed by atoms with van der Waals surface area (Å²) >= 11 is 0. The number of nitrogens with one attached hydrogen (secondary N) is 2. The Morgan fingerprint density at radius 3 is 2.26 bits per heavy atom. The Hall–Kier alpha value is -8.43. The van der Waals surface area contributed by atoms with Crippen LogP contribution < -0.4 is 31.9 Å². The molecule has 1 aliphatic carbocycles. The lowest BCUT2D eigenvalue weighted by molar-refractivity contribution is -0.134. The van der Waals surface area contributed by atoms with Gasteiger partial charge in [-0.05, 0) is 138 Å². The Bertz CT molecular complexity index is 3450. The number of aryl methyl sites for hydroxylation is 1. The van der Waals surface area contributed by atoms with Crippen molar-refractivity contribution in [1.82, 2.24) is 65.1 Å². The minimum atomic E-state index is -0.783. The lowest BCUT2D eigenvalue weighted by Crippen LogP contribution is -2.49. The number of hydrogen-bond donors (Lipinski definition) is 6. The first-order chi connectivity index (χ1) is 45.0. The minimum absolute atomic E-state index is 0.0207. The third kappa shape index (κ3) is 20.0. The molecule has 1 saturated carbocycles. The van der Waals surface area contributed by atoms with Gasteiger partial charge in [-0.25, -0.2) is 34.6 Å². The normalized spacial score (nSPS) is 18.2. The number of unbranched alkanes of at least 4 members (excludes halogenated alkanes) is 1. The summed E-state index contributed by atoms with van der Waals surface area (Å²) in [6, 6.07) is 5.58. The second-order valence-electron chi connectivity index (χ2n) is 25.6. The average Bonchev–Trinajstić information content (AvgIpc) is 1.63. The Morgan fingerprint density at radius 2 is 1.55 bits per heavy atom. The number of hydrogen-bond acceptors (Lipinski definition) is 23. The van der Waals surface area contributed by atoms with Crippen molar-refractivity contribution in [3.8, 4) is 11.3 Å². The summed E-state index contributed by atoms with van der Waals surface area (Å²) < 4.78 is 12.7. The van der Waals surface area contributed by atoms with Crippen molar-refractivity contribution < 1.29 is 43.4 Å². The highest BCUT2D eigenvalue weighted by Crippen LogP contribution is 2.33. The number of aliphatic hydroxyl groups excluding tert-OH is 2. The van der Waals surface area contributed by atoms with Crippen LogP contribution in [0.25, 0.3) is 33.4 Å². The van der Waals surface area contributed by atoms with Gasteiger partial charge in [0, 0.05) is 121 Å². The van der Waals surface area contributed by atoms with Crippen molar-refractivity contribution in [2.24, 2.45) is 28.8 Å². The number of aliphatic hydroxyl groups is 2. The average molecular weight is 1280 g/mol. The number of benzene rings is 1. The van der Waals surface area contributed by atoms with Crippen molar-refractivity contribution in [3.05, 3.63) is 72.1 Å². The summed E-state index contributed by atoms with van der Waals surface area (Å²) in [5, 5.41) is 36.9. The van der Waals surface area contributed by atoms with E-state index in [1.54, 1.807) is 35.5 Å². The molecule has 8 N–H and O–H groups in total. The van der Waals surface area contributed by atoms with Gasteiger partial charge in [0.25, 0.3) is 24.3 Å². The smallest absolute Gasteiger partial charge is 0.293 e. The monoisotopic (exact) mass is 1280 g/mol. The Balaban J connectivity index is 0.620. The van der Waals surface area contributed by atoms with Crippen LogP contribution >= 0.6 is 0 Å². The molecule has 1 aromatic carbocycles. The molecule has 7 heterocycles. The van der Waals surface area contributed by atoms with Crippen LogP contribution in [0.15, 0.2) is 70.5 Å². The molecule has 0 radical (unpaired) electrons. The van der Waals surface area contributed by atoms with Gasteiger partial charge in [-0.2, -0.15) is 10.1 Å². The van der Waals surface area contributed by atoms with E-state index in [0.29, 0.717) is 134 Å². The number of fused-ring (bicyclic) bond motifs is 2. The fourth-order valence-electron chi connectivity index (χ4n) is 12.6. The number of oxime groups is 1. The van der Waals surface area contributed by atoms with E-state index in [9.17, 15) is 29.4 Å². The number of piperazine rings is 2. The summed E-state index contributed by atoms with van der Waals surface area (Å²) in [5.41, 5.74) is 17.9. The molecule has 502 valence electrons. The molecule has 3 fully saturated rings. The van der Waals surface area contributed by atoms with E-state index in [-0.39, 0.29) is 67.4 Å². The van der Waals surface area contributed by atoms with Gasteiger partial charge in [0.15, 0.2) is 17.8 Å². The Labute approximate surface area is 543 Å². The van der Waals surface area contributed by atoms with Crippen LogP contribution in [0.4, 0.5) is 23.7 Å². The van der Waals surface area contributed by atoms with Crippen LogP contribution in [0.3, 0.4) is 0 Å². The quantitative estimate of drug-likeness (QED) is 0.00842. The first-order valence-electron chi connectivity index (χ1n) is 33.1. The van der Waals surface area contributed by atoms with Gasteiger partial charge in [0.2, 0.25) is 17.8 Å². The number of nitrogen functional groups attached to an aromatic ring is 2. The molecule has 0 unspecified atom stereocenters. The Morgan fingerprint density at radius 1 is 0.839 bits per heavy atom. The second-order valence-corrected chi connectivity index (χ2v) is 25.6. The maximum Gasteiger partial charge on any atom is 0.293 e. The lowest BCUT2D eigenvalue weighted by Gasteiger charge is -2.36. The zero-order valence-corrected chi connectivity index (χ0v) is 54.6. The molecular formula is C66H94N18O9. The predicted octanol–water partition coefficient (Wildman–Crippen LogP) is 6.50. The third-order valence-electron chi connectivity index (χ3n) is 18.0. The molecule has 27 heteroatoms. The fraction of sp³-hybridized carbons (Fsp3) is 0.591. The SMILES string of the molecule is C/C(=C\[C@@H](C)CC[C@@H](CCC1CCC(O)CC1)OC=O)[C@@H](O)C/C(=N/OCC(=O)NCc1cnc(N2CCN(C(=O)CCCN3CCN(c4ncc(C(=O)NCCCCn5nc(-c6ccc7oc(N)nc7c6)c6c(N)ncnc65)cn4)CC3)CC2)nc1)[C@H](C)CC(C)C. The van der Waals surface area contributed by atoms with E-state index in [1.807, 2.05) is 24.0 Å². The molecular weight excluding hydrogens is 1190 g/mol. The molecule has 3 aliphatic rings. The lowest BCUT2D eigenvalue weighted by atomic mass is 9.83. The van der Waals surface area contributed by atoms with Gasteiger partial charge in [-0.15, -0.1) is 0 Å². The minimum Gasteiger partial charge on any atom is -0.465 e. The number of aromatic nitrogens is 9. The maximum atomic E-state index is 13.3. The van der Waals surface area contributed by atoms with Crippen molar-refractivity contribution >= 4 is 75.8 Å². The van der Waals surface area contributed by atoms with E-state index in [2.05, 4.69) is 99.1 Å². The van der Waals surface area contributed by atoms with Crippen molar-refractivity contribution in [3.63, 3.8) is 0 Å². The van der Waals surface area contributed by atoms with Crippen LogP contribution in [0.2, 0.25) is 0 Å². The van der Waals surface area contributed by atoms with Crippen LogP contribution in [0, 0.1) is 23.7 Å². The molecule has 2 aliphatic heterocycles. The molecule has 3 amide bonds. The highest BCUT2D eigenvalue weighted by atomic mass is 16.6. The largest absolute Gasteiger partial charge is 0.465 e. The van der Waals surface area contributed by atoms with Crippen LogP contribution in [-0.4, -0.2) is 185 Å². The number of allylic oxidation sites excluding steroid dienone is 1. The number of ether oxygens (including phenoxy) is 1. The third-order valence-corrected chi connectivity index (χ3v) is 18.0. The van der Waals surface area contributed by atoms with Gasteiger partial charge < -0.3 is 61.0 Å². The summed E-state index contributed by atoms with van der Waals surface area (Å²) in [5.74, 6) is 2.12. The Kier molecular flexibility index (Phi) is 25.2. The van der Waals surface area contributed by atoms with Crippen molar-refractivity contribution in [2.45, 2.75) is 156 Å². The zero-order chi connectivity index (χ0) is 65.8. The summed E-state index contributed by atoms with van der Waals surface area (Å²) in [4.78, 5) is 95.8. The van der Waals surface area contributed by atoms with Gasteiger partial charge in [0.05, 0.1) is 28.9 Å². The molecule has 5 aromatic heterocycles. The number of anilines is 4. The molecule has 27 nitrogen and oxygen atoms in total. The van der Waals surface area contributed by atoms with Crippen LogP contribution in [0.1, 0.15) is 140 Å². The van der Waals surface area contributed by atoms with Gasteiger partial charge >= 0.3 is 0 Å². The van der Waals surface area contributed by atoms with E-state index in [0.717, 1.165) is 114 Å². The topological polar surface area (TPSA) is 350 Å². The maximum absolute atomic E-state index is 13.3. The molecule has 9 rings (SSSR count). The first-order valence-corrected chi connectivity index (χ1v) is 33.1. The summed E-state index contributed by atoms with van der Waals surface area (Å²) in [7, 11) is 0. The predicted molar refractivity (Wildman–Crippen MR) is 354 cm³/mol. The van der Waals surface area contributed by atoms with E-state index < -0.39 is 6.10 Å². The molecule has 2 saturated heterocycles. The number of carbonyl (C=O) groups is 4. The van der Waals surface area contributed by atoms with Crippen molar-refractivity contribution in [2.75, 3.05) is 93.3 Å². The summed E-state index contributed by atoms with van der Waals surface area (Å²) in [6.07, 6.45) is 19.7. The number of nitrogens with two attached hydrogens (primary N) is 2. The molecule has 0 bridgehead atoms. The molecule has 4 atom stereocenters. The number of rotatable bonds is 33. The fourth-order valence-corrected chi connectivity index (χ4v) is 12.6. The van der Waals surface area contributed by atoms with Crippen molar-refractivity contribution in [1.29, 1.82) is 0 Å². The first kappa shape index (κ1) is 68.9. The molecule has 0 spiro atoms. The standard InChI is InChI=1S/C66H94N18O9/c1-43(2)31-45(4)53(34-55(87)46(5)32-44(3)10-17-52(91-42-85)18-13-47-11-15-51(86)16-12-47)79-92-40-57(88)70-35-48-36-71-65(72-37-48)83-29-27-81(28-30-83)58(89)9-8-21-80-23-25-82(26-24-80)66-73-38-50(39-74-66)63(90)69-20-6-7-22-84-62-59(61(67)75-41-76-62)60(78-84)49-14-19-56-54(33-49)77-64(68)93-56/h14,19,32-33,36-39,41-45,47,51-52,55,86-87H,6-13,15-18,20-31,34-35,40H2,1-5H3,(H2,68,77)(H,69,90)(H,70,88)(H2,67,75,76)/b46-32+,79-53-/t44-,45+,47?,51?,52-,55-/m0/s1. The van der Waals surface area contributed by atoms with E-state index in [1.165, 1.54) is 6.33 Å². The summed E-state index contributed by atoms with van der Waals surface area (Å²) in [6.45, 7) is 18.0. The van der Waals surface area contributed by atoms with E-state index >= 15 is 0 Å². The van der Waals surface area contributed by atoms with Gasteiger partial charge in [-0.3, -0.25) is 24.1 Å². The van der Waals surface area contributed by atoms with Gasteiger partial charge in [0.1, 0.15) is 29.5 Å².